The van der Waals surface area contributed by atoms with Gasteiger partial charge in [-0.1, -0.05) is 0 Å². The zero-order valence-electron chi connectivity index (χ0n) is 11.7. The molecule has 1 aromatic carbocycles. The van der Waals surface area contributed by atoms with E-state index in [4.69, 9.17) is 4.74 Å². The van der Waals surface area contributed by atoms with Crippen LogP contribution in [0.1, 0.15) is 36.0 Å². The maximum Gasteiger partial charge on any atom is 0.229 e. The first-order chi connectivity index (χ1) is 10.0. The zero-order valence-corrected chi connectivity index (χ0v) is 11.7. The Morgan fingerprint density at radius 1 is 1.24 bits per heavy atom. The molecule has 0 N–H and O–H groups in total. The Morgan fingerprint density at radius 2 is 1.86 bits per heavy atom. The molecule has 0 aromatic heterocycles. The fraction of sp³-hybridized carbons (Fsp3) is 0.400. The van der Waals surface area contributed by atoms with Crippen LogP contribution in [0.5, 0.6) is 5.75 Å². The number of likely N-dealkylation sites (tertiary alicyclic amines) is 1. The van der Waals surface area contributed by atoms with Crippen molar-refractivity contribution in [3.8, 4) is 5.75 Å². The van der Waals surface area contributed by atoms with E-state index in [9.17, 15) is 18.8 Å². The van der Waals surface area contributed by atoms with Gasteiger partial charge < -0.3 is 4.74 Å². The SMILES string of the molecule is COc1ccc(C(=O)CN2C(=O)CCCCC2=O)cc1F. The van der Waals surface area contributed by atoms with Crippen LogP contribution in [0.2, 0.25) is 0 Å². The minimum atomic E-state index is -0.656. The van der Waals surface area contributed by atoms with Crippen LogP contribution in [0, 0.1) is 5.82 Å². The number of amides is 2. The minimum absolute atomic E-state index is 0.0356. The van der Waals surface area contributed by atoms with Crippen molar-refractivity contribution in [2.45, 2.75) is 25.7 Å². The molecule has 21 heavy (non-hydrogen) atoms. The van der Waals surface area contributed by atoms with Gasteiger partial charge in [0.25, 0.3) is 0 Å². The molecule has 0 bridgehead atoms. The Labute approximate surface area is 121 Å². The molecular weight excluding hydrogens is 277 g/mol. The second-order valence-corrected chi connectivity index (χ2v) is 4.85. The van der Waals surface area contributed by atoms with Crippen molar-refractivity contribution < 1.29 is 23.5 Å². The lowest BCUT2D eigenvalue weighted by molar-refractivity contribution is -0.143. The number of carbonyl (C=O) groups excluding carboxylic acids is 3. The predicted octanol–water partition coefficient (Wildman–Crippen LogP) is 1.95. The summed E-state index contributed by atoms with van der Waals surface area (Å²) in [6.07, 6.45) is 1.81. The van der Waals surface area contributed by atoms with Crippen LogP contribution in [-0.2, 0) is 9.59 Å². The third-order valence-corrected chi connectivity index (χ3v) is 3.41. The lowest BCUT2D eigenvalue weighted by atomic mass is 10.1. The van der Waals surface area contributed by atoms with E-state index in [-0.39, 0.29) is 42.5 Å². The van der Waals surface area contributed by atoms with Crippen molar-refractivity contribution in [1.29, 1.82) is 0 Å². The van der Waals surface area contributed by atoms with Crippen molar-refractivity contribution in [2.24, 2.45) is 0 Å². The van der Waals surface area contributed by atoms with Gasteiger partial charge >= 0.3 is 0 Å². The van der Waals surface area contributed by atoms with Crippen LogP contribution in [0.4, 0.5) is 4.39 Å². The van der Waals surface area contributed by atoms with Gasteiger partial charge in [-0.15, -0.1) is 0 Å². The van der Waals surface area contributed by atoms with Crippen molar-refractivity contribution in [3.05, 3.63) is 29.6 Å². The number of hydrogen-bond donors (Lipinski definition) is 0. The van der Waals surface area contributed by atoms with Crippen LogP contribution in [0.15, 0.2) is 18.2 Å². The van der Waals surface area contributed by atoms with Crippen molar-refractivity contribution in [2.75, 3.05) is 13.7 Å². The van der Waals surface area contributed by atoms with E-state index in [0.29, 0.717) is 12.8 Å². The fourth-order valence-electron chi connectivity index (χ4n) is 2.21. The molecule has 0 unspecified atom stereocenters. The smallest absolute Gasteiger partial charge is 0.229 e. The summed E-state index contributed by atoms with van der Waals surface area (Å²) in [5.41, 5.74) is 0.109. The van der Waals surface area contributed by atoms with E-state index in [2.05, 4.69) is 0 Å². The molecule has 6 heteroatoms. The number of halogens is 1. The van der Waals surface area contributed by atoms with Crippen LogP contribution in [-0.4, -0.2) is 36.2 Å². The summed E-state index contributed by atoms with van der Waals surface area (Å²) in [5, 5.41) is 0. The number of imide groups is 1. The van der Waals surface area contributed by atoms with Gasteiger partial charge in [-0.2, -0.15) is 0 Å². The molecule has 0 aliphatic carbocycles. The van der Waals surface area contributed by atoms with Gasteiger partial charge in [-0.05, 0) is 31.0 Å². The Balaban J connectivity index is 2.14. The largest absolute Gasteiger partial charge is 0.494 e. The number of nitrogens with zero attached hydrogens (tertiary/aromatic N) is 1. The predicted molar refractivity (Wildman–Crippen MR) is 72.5 cm³/mol. The van der Waals surface area contributed by atoms with Crippen LogP contribution in [0.3, 0.4) is 0 Å². The normalized spacial score (nSPS) is 15.8. The summed E-state index contributed by atoms with van der Waals surface area (Å²) >= 11 is 0. The molecule has 0 radical (unpaired) electrons. The monoisotopic (exact) mass is 293 g/mol. The Morgan fingerprint density at radius 3 is 2.38 bits per heavy atom. The first-order valence-electron chi connectivity index (χ1n) is 6.73. The second kappa shape index (κ2) is 6.47. The number of benzene rings is 1. The van der Waals surface area contributed by atoms with E-state index >= 15 is 0 Å². The van der Waals surface area contributed by atoms with Gasteiger partial charge in [-0.25, -0.2) is 4.39 Å². The van der Waals surface area contributed by atoms with Gasteiger partial charge in [0.05, 0.1) is 13.7 Å². The summed E-state index contributed by atoms with van der Waals surface area (Å²) in [6.45, 7) is -0.344. The van der Waals surface area contributed by atoms with Gasteiger partial charge in [0.15, 0.2) is 17.3 Å². The van der Waals surface area contributed by atoms with Gasteiger partial charge in [0, 0.05) is 18.4 Å². The van der Waals surface area contributed by atoms with Gasteiger partial charge in [0.1, 0.15) is 0 Å². The highest BCUT2D eigenvalue weighted by molar-refractivity contribution is 6.04. The third-order valence-electron chi connectivity index (χ3n) is 3.41. The molecule has 2 amide bonds. The van der Waals surface area contributed by atoms with E-state index in [0.717, 1.165) is 11.0 Å². The number of ether oxygens (including phenoxy) is 1. The lowest BCUT2D eigenvalue weighted by Gasteiger charge is -2.17. The van der Waals surface area contributed by atoms with Crippen LogP contribution < -0.4 is 4.74 Å². The van der Waals surface area contributed by atoms with Crippen LogP contribution >= 0.6 is 0 Å². The highest BCUT2D eigenvalue weighted by Gasteiger charge is 2.26. The molecule has 2 rings (SSSR count). The number of carbonyl (C=O) groups is 3. The quantitative estimate of drug-likeness (QED) is 0.628. The summed E-state index contributed by atoms with van der Waals surface area (Å²) in [5.74, 6) is -1.79. The average molecular weight is 293 g/mol. The first-order valence-corrected chi connectivity index (χ1v) is 6.73. The molecule has 1 aliphatic rings. The van der Waals surface area contributed by atoms with Crippen molar-refractivity contribution in [3.63, 3.8) is 0 Å². The van der Waals surface area contributed by atoms with E-state index < -0.39 is 11.6 Å². The number of ketones is 1. The Bertz CT molecular complexity index is 567. The fourth-order valence-corrected chi connectivity index (χ4v) is 2.21. The highest BCUT2D eigenvalue weighted by atomic mass is 19.1. The number of methoxy groups -OCH3 is 1. The Hall–Kier alpha value is -2.24. The molecule has 1 aromatic rings. The van der Waals surface area contributed by atoms with E-state index in [1.807, 2.05) is 0 Å². The summed E-state index contributed by atoms with van der Waals surface area (Å²) in [7, 11) is 1.33. The molecule has 1 heterocycles. The minimum Gasteiger partial charge on any atom is -0.494 e. The molecule has 5 nitrogen and oxygen atoms in total. The average Bonchev–Trinajstić information content (AvgIpc) is 2.62. The number of rotatable bonds is 4. The zero-order chi connectivity index (χ0) is 15.4. The van der Waals surface area contributed by atoms with Crippen molar-refractivity contribution in [1.82, 2.24) is 4.90 Å². The number of Topliss-reactive ketones (excluding diaryl/α,β-unsaturated/α-hetero) is 1. The topological polar surface area (TPSA) is 63.7 Å². The second-order valence-electron chi connectivity index (χ2n) is 4.85. The lowest BCUT2D eigenvalue weighted by Crippen LogP contribution is -2.39. The summed E-state index contributed by atoms with van der Waals surface area (Å²) in [4.78, 5) is 36.7. The van der Waals surface area contributed by atoms with Gasteiger partial charge in [-0.3, -0.25) is 19.3 Å². The summed E-state index contributed by atoms with van der Waals surface area (Å²) < 4.78 is 18.4. The van der Waals surface area contributed by atoms with Crippen LogP contribution in [0.25, 0.3) is 0 Å². The molecule has 1 aliphatic heterocycles. The molecule has 1 saturated heterocycles. The highest BCUT2D eigenvalue weighted by Crippen LogP contribution is 2.19. The first kappa shape index (κ1) is 15.2. The Kier molecular flexibility index (Phi) is 4.67. The van der Waals surface area contributed by atoms with E-state index in [1.54, 1.807) is 0 Å². The molecule has 0 spiro atoms. The summed E-state index contributed by atoms with van der Waals surface area (Å²) in [6, 6.07) is 3.81. The van der Waals surface area contributed by atoms with Crippen molar-refractivity contribution >= 4 is 17.6 Å². The third kappa shape index (κ3) is 3.45. The maximum atomic E-state index is 13.6. The number of hydrogen-bond acceptors (Lipinski definition) is 4. The standard InChI is InChI=1S/C15H16FNO4/c1-21-13-7-6-10(8-11(13)16)12(18)9-17-14(19)4-2-3-5-15(17)20/h6-8H,2-5,9H2,1H3. The molecular formula is C15H16FNO4. The molecule has 112 valence electrons. The molecule has 0 atom stereocenters. The molecule has 1 fully saturated rings. The molecule has 0 saturated carbocycles. The maximum absolute atomic E-state index is 13.6. The van der Waals surface area contributed by atoms with Gasteiger partial charge in [0.2, 0.25) is 11.8 Å². The van der Waals surface area contributed by atoms with E-state index in [1.165, 1.54) is 19.2 Å².